The van der Waals surface area contributed by atoms with Gasteiger partial charge in [-0.15, -0.1) is 30.4 Å². The first-order chi connectivity index (χ1) is 7.57. The first-order valence-corrected chi connectivity index (χ1v) is 7.08. The Bertz CT molecular complexity index is 400. The molecule has 1 aliphatic rings. The van der Waals surface area contributed by atoms with Gasteiger partial charge < -0.3 is 10.6 Å². The second-order valence-corrected chi connectivity index (χ2v) is 5.87. The molecule has 1 rings (SSSR count). The quantitative estimate of drug-likeness (QED) is 0.317. The largest absolute Gasteiger partial charge is 0.357 e. The molecule has 7 heteroatoms. The Labute approximate surface area is 120 Å². The zero-order valence-corrected chi connectivity index (χ0v) is 12.9. The van der Waals surface area contributed by atoms with Gasteiger partial charge in [0.15, 0.2) is 15.8 Å². The number of halogens is 1. The fourth-order valence-electron chi connectivity index (χ4n) is 1.55. The van der Waals surface area contributed by atoms with Gasteiger partial charge in [0.2, 0.25) is 0 Å². The molecule has 1 fully saturated rings. The van der Waals surface area contributed by atoms with Gasteiger partial charge in [0, 0.05) is 12.6 Å². The third kappa shape index (κ3) is 6.12. The van der Waals surface area contributed by atoms with Gasteiger partial charge in [-0.1, -0.05) is 5.92 Å². The highest BCUT2D eigenvalue weighted by molar-refractivity contribution is 14.0. The fourth-order valence-corrected chi connectivity index (χ4v) is 3.22. The lowest BCUT2D eigenvalue weighted by Crippen LogP contribution is -2.44. The maximum absolute atomic E-state index is 11.3. The van der Waals surface area contributed by atoms with Gasteiger partial charge in [-0.3, -0.25) is 0 Å². The SMILES string of the molecule is C#CCN=C(NCC)NC1CCS(=O)(=O)C1.I. The van der Waals surface area contributed by atoms with Gasteiger partial charge in [-0.2, -0.15) is 0 Å². The molecule has 1 heterocycles. The summed E-state index contributed by atoms with van der Waals surface area (Å²) in [7, 11) is -2.86. The molecule has 1 atom stereocenters. The third-order valence-corrected chi connectivity index (χ3v) is 4.01. The predicted molar refractivity (Wildman–Crippen MR) is 80.4 cm³/mol. The zero-order valence-electron chi connectivity index (χ0n) is 9.77. The third-order valence-electron chi connectivity index (χ3n) is 2.25. The number of hydrogen-bond acceptors (Lipinski definition) is 3. The molecule has 0 spiro atoms. The highest BCUT2D eigenvalue weighted by atomic mass is 127. The highest BCUT2D eigenvalue weighted by Crippen LogP contribution is 2.10. The van der Waals surface area contributed by atoms with Crippen LogP contribution in [-0.4, -0.2) is 45.0 Å². The smallest absolute Gasteiger partial charge is 0.192 e. The Morgan fingerprint density at radius 1 is 1.59 bits per heavy atom. The van der Waals surface area contributed by atoms with Crippen molar-refractivity contribution in [2.45, 2.75) is 19.4 Å². The van der Waals surface area contributed by atoms with Crippen LogP contribution in [0.2, 0.25) is 0 Å². The van der Waals surface area contributed by atoms with Gasteiger partial charge in [-0.05, 0) is 13.3 Å². The molecule has 0 aromatic rings. The van der Waals surface area contributed by atoms with Gasteiger partial charge >= 0.3 is 0 Å². The Kier molecular flexibility index (Phi) is 7.54. The van der Waals surface area contributed by atoms with Crippen LogP contribution >= 0.6 is 24.0 Å². The summed E-state index contributed by atoms with van der Waals surface area (Å²) in [4.78, 5) is 4.11. The van der Waals surface area contributed by atoms with E-state index >= 15 is 0 Å². The number of rotatable bonds is 3. The lowest BCUT2D eigenvalue weighted by molar-refractivity contribution is 0.599. The van der Waals surface area contributed by atoms with E-state index in [0.29, 0.717) is 12.4 Å². The lowest BCUT2D eigenvalue weighted by atomic mass is 10.3. The molecule has 1 saturated heterocycles. The zero-order chi connectivity index (χ0) is 12.0. The van der Waals surface area contributed by atoms with Crippen molar-refractivity contribution < 1.29 is 8.42 Å². The standard InChI is InChI=1S/C10H17N3O2S.HI/c1-3-6-12-10(11-4-2)13-9-5-7-16(14,15)8-9;/h1,9H,4-8H2,2H3,(H2,11,12,13);1H. The van der Waals surface area contributed by atoms with Gasteiger partial charge in [0.1, 0.15) is 6.54 Å². The number of nitrogens with zero attached hydrogens (tertiary/aromatic N) is 1. The maximum Gasteiger partial charge on any atom is 0.192 e. The van der Waals surface area contributed by atoms with Crippen molar-refractivity contribution in [3.05, 3.63) is 0 Å². The summed E-state index contributed by atoms with van der Waals surface area (Å²) < 4.78 is 22.5. The van der Waals surface area contributed by atoms with E-state index in [1.165, 1.54) is 0 Å². The van der Waals surface area contributed by atoms with Crippen LogP contribution in [0.25, 0.3) is 0 Å². The number of aliphatic imine (C=N–C) groups is 1. The molecule has 0 aromatic carbocycles. The minimum absolute atomic E-state index is 0. The number of guanidine groups is 1. The molecule has 98 valence electrons. The van der Waals surface area contributed by atoms with Crippen LogP contribution in [0.1, 0.15) is 13.3 Å². The number of terminal acetylenes is 1. The number of hydrogen-bond donors (Lipinski definition) is 2. The first-order valence-electron chi connectivity index (χ1n) is 5.26. The molecule has 2 N–H and O–H groups in total. The van der Waals surface area contributed by atoms with Gasteiger partial charge in [0.05, 0.1) is 11.5 Å². The molecular weight excluding hydrogens is 353 g/mol. The van der Waals surface area contributed by atoms with E-state index in [1.807, 2.05) is 6.92 Å². The van der Waals surface area contributed by atoms with Crippen molar-refractivity contribution in [2.24, 2.45) is 4.99 Å². The van der Waals surface area contributed by atoms with Crippen LogP contribution in [0, 0.1) is 12.3 Å². The molecule has 0 aliphatic carbocycles. The van der Waals surface area contributed by atoms with E-state index in [0.717, 1.165) is 6.54 Å². The summed E-state index contributed by atoms with van der Waals surface area (Å²) in [6, 6.07) is -0.0550. The molecule has 0 amide bonds. The van der Waals surface area contributed by atoms with Crippen LogP contribution < -0.4 is 10.6 Å². The van der Waals surface area contributed by atoms with E-state index < -0.39 is 9.84 Å². The molecular formula is C10H18IN3O2S. The normalized spacial score (nSPS) is 22.4. The Morgan fingerprint density at radius 3 is 2.76 bits per heavy atom. The van der Waals surface area contributed by atoms with Crippen molar-refractivity contribution in [3.8, 4) is 12.3 Å². The minimum atomic E-state index is -2.86. The molecule has 0 bridgehead atoms. The molecule has 0 aromatic heterocycles. The summed E-state index contributed by atoms with van der Waals surface area (Å²) in [6.45, 7) is 2.95. The monoisotopic (exact) mass is 371 g/mol. The molecule has 0 radical (unpaired) electrons. The molecule has 17 heavy (non-hydrogen) atoms. The summed E-state index contributed by atoms with van der Waals surface area (Å²) >= 11 is 0. The van der Waals surface area contributed by atoms with E-state index in [4.69, 9.17) is 6.42 Å². The second-order valence-electron chi connectivity index (χ2n) is 3.64. The van der Waals surface area contributed by atoms with Gasteiger partial charge in [0.25, 0.3) is 0 Å². The lowest BCUT2D eigenvalue weighted by Gasteiger charge is -2.15. The Morgan fingerprint density at radius 2 is 2.29 bits per heavy atom. The maximum atomic E-state index is 11.3. The van der Waals surface area contributed by atoms with Crippen molar-refractivity contribution in [1.82, 2.24) is 10.6 Å². The minimum Gasteiger partial charge on any atom is -0.357 e. The molecule has 1 unspecified atom stereocenters. The van der Waals surface area contributed by atoms with Crippen molar-refractivity contribution in [2.75, 3.05) is 24.6 Å². The van der Waals surface area contributed by atoms with Crippen molar-refractivity contribution >= 4 is 39.8 Å². The molecule has 0 saturated carbocycles. The summed E-state index contributed by atoms with van der Waals surface area (Å²) in [5.41, 5.74) is 0. The van der Waals surface area contributed by atoms with Crippen LogP contribution in [-0.2, 0) is 9.84 Å². The van der Waals surface area contributed by atoms with Crippen molar-refractivity contribution in [1.29, 1.82) is 0 Å². The summed E-state index contributed by atoms with van der Waals surface area (Å²) in [6.07, 6.45) is 5.74. The highest BCUT2D eigenvalue weighted by Gasteiger charge is 2.28. The Hall–Kier alpha value is -0.490. The second kappa shape index (κ2) is 7.76. The first kappa shape index (κ1) is 16.5. The van der Waals surface area contributed by atoms with E-state index in [9.17, 15) is 8.42 Å². The summed E-state index contributed by atoms with van der Waals surface area (Å²) in [5.74, 6) is 3.42. The van der Waals surface area contributed by atoms with Crippen LogP contribution in [0.3, 0.4) is 0 Å². The predicted octanol–water partition coefficient (Wildman–Crippen LogP) is -0.0202. The topological polar surface area (TPSA) is 70.6 Å². The van der Waals surface area contributed by atoms with E-state index in [-0.39, 0.29) is 48.1 Å². The van der Waals surface area contributed by atoms with Crippen molar-refractivity contribution in [3.63, 3.8) is 0 Å². The average molecular weight is 371 g/mol. The fraction of sp³-hybridized carbons (Fsp3) is 0.700. The van der Waals surface area contributed by atoms with E-state index in [2.05, 4.69) is 21.5 Å². The van der Waals surface area contributed by atoms with Crippen LogP contribution in [0.4, 0.5) is 0 Å². The van der Waals surface area contributed by atoms with Gasteiger partial charge in [-0.25, -0.2) is 13.4 Å². The Balaban J connectivity index is 0.00000256. The average Bonchev–Trinajstić information content (AvgIpc) is 2.55. The number of sulfone groups is 1. The van der Waals surface area contributed by atoms with Crippen LogP contribution in [0.5, 0.6) is 0 Å². The van der Waals surface area contributed by atoms with Crippen LogP contribution in [0.15, 0.2) is 4.99 Å². The molecule has 5 nitrogen and oxygen atoms in total. The summed E-state index contributed by atoms with van der Waals surface area (Å²) in [5, 5.41) is 6.09. The number of nitrogens with one attached hydrogen (secondary N) is 2. The van der Waals surface area contributed by atoms with E-state index in [1.54, 1.807) is 0 Å². The molecule has 1 aliphatic heterocycles.